The summed E-state index contributed by atoms with van der Waals surface area (Å²) in [7, 11) is 0. The van der Waals surface area contributed by atoms with Gasteiger partial charge in [-0.05, 0) is 24.5 Å². The predicted molar refractivity (Wildman–Crippen MR) is 101 cm³/mol. The average molecular weight is 382 g/mol. The maximum Gasteiger partial charge on any atom is 0.167 e. The summed E-state index contributed by atoms with van der Waals surface area (Å²) in [5, 5.41) is 19.4. The number of aliphatic hydroxyl groups is 2. The quantitative estimate of drug-likeness (QED) is 0.693. The smallest absolute Gasteiger partial charge is 0.167 e. The molecular formula is C19H22N6O3. The Kier molecular flexibility index (Phi) is 4.42. The number of nitrogens with zero attached hydrogens (tertiary/aromatic N) is 6. The second-order valence-corrected chi connectivity index (χ2v) is 7.27. The lowest BCUT2D eigenvalue weighted by molar-refractivity contribution is -0.0432. The van der Waals surface area contributed by atoms with Crippen molar-refractivity contribution < 1.29 is 14.9 Å². The van der Waals surface area contributed by atoms with Gasteiger partial charge in [0.25, 0.3) is 0 Å². The largest absolute Gasteiger partial charge is 0.394 e. The first-order valence-electron chi connectivity index (χ1n) is 9.54. The zero-order valence-corrected chi connectivity index (χ0v) is 15.3. The number of aliphatic hydroxyl groups excluding tert-OH is 2. The van der Waals surface area contributed by atoms with E-state index in [4.69, 9.17) is 4.74 Å². The summed E-state index contributed by atoms with van der Waals surface area (Å²) in [6.45, 7) is 0.675. The number of fused-ring (bicyclic) bond motifs is 1. The lowest BCUT2D eigenvalue weighted by Crippen LogP contribution is -2.24. The SMILES string of the molecule is OC[C@H]1O[C@@H](n2cnc3c(N4CCCC4c4cccnc4)ncnc32)C[C@@H]1O. The van der Waals surface area contributed by atoms with E-state index in [9.17, 15) is 10.2 Å². The van der Waals surface area contributed by atoms with E-state index >= 15 is 0 Å². The van der Waals surface area contributed by atoms with Crippen molar-refractivity contribution >= 4 is 17.0 Å². The number of pyridine rings is 1. The summed E-state index contributed by atoms with van der Waals surface area (Å²) in [6.07, 6.45) is 7.70. The molecule has 2 N–H and O–H groups in total. The molecule has 5 rings (SSSR count). The van der Waals surface area contributed by atoms with Gasteiger partial charge in [-0.1, -0.05) is 6.07 Å². The van der Waals surface area contributed by atoms with Crippen LogP contribution in [0.15, 0.2) is 37.2 Å². The third-order valence-electron chi connectivity index (χ3n) is 5.63. The fraction of sp³-hybridized carbons (Fsp3) is 0.474. The summed E-state index contributed by atoms with van der Waals surface area (Å²) in [5.41, 5.74) is 2.54. The van der Waals surface area contributed by atoms with Crippen LogP contribution in [0, 0.1) is 0 Å². The summed E-state index contributed by atoms with van der Waals surface area (Å²) in [4.78, 5) is 20.0. The van der Waals surface area contributed by atoms with Gasteiger partial charge in [0.05, 0.1) is 25.1 Å². The van der Waals surface area contributed by atoms with E-state index in [1.807, 2.05) is 16.8 Å². The van der Waals surface area contributed by atoms with Crippen LogP contribution < -0.4 is 4.90 Å². The molecule has 0 radical (unpaired) electrons. The number of aromatic nitrogens is 5. The van der Waals surface area contributed by atoms with Crippen molar-refractivity contribution in [2.75, 3.05) is 18.1 Å². The van der Waals surface area contributed by atoms with Crippen LogP contribution in [0.5, 0.6) is 0 Å². The number of ether oxygens (including phenoxy) is 1. The highest BCUT2D eigenvalue weighted by atomic mass is 16.5. The van der Waals surface area contributed by atoms with Crippen LogP contribution in [0.4, 0.5) is 5.82 Å². The number of hydrogen-bond acceptors (Lipinski definition) is 8. The lowest BCUT2D eigenvalue weighted by atomic mass is 10.1. The van der Waals surface area contributed by atoms with Gasteiger partial charge in [-0.2, -0.15) is 0 Å². The van der Waals surface area contributed by atoms with Gasteiger partial charge in [-0.3, -0.25) is 9.55 Å². The highest BCUT2D eigenvalue weighted by molar-refractivity contribution is 5.83. The zero-order valence-electron chi connectivity index (χ0n) is 15.3. The monoisotopic (exact) mass is 382 g/mol. The Morgan fingerprint density at radius 1 is 1.25 bits per heavy atom. The molecule has 2 fully saturated rings. The van der Waals surface area contributed by atoms with Crippen molar-refractivity contribution in [2.24, 2.45) is 0 Å². The molecule has 2 aliphatic heterocycles. The molecule has 0 bridgehead atoms. The Morgan fingerprint density at radius 2 is 2.18 bits per heavy atom. The van der Waals surface area contributed by atoms with Crippen LogP contribution >= 0.6 is 0 Å². The molecule has 0 aliphatic carbocycles. The number of imidazole rings is 1. The number of rotatable bonds is 4. The maximum atomic E-state index is 10.1. The average Bonchev–Trinajstić information content (AvgIpc) is 3.46. The highest BCUT2D eigenvalue weighted by Crippen LogP contribution is 2.38. The molecule has 0 spiro atoms. The Labute approximate surface area is 161 Å². The van der Waals surface area contributed by atoms with Gasteiger partial charge in [-0.15, -0.1) is 0 Å². The Bertz CT molecular complexity index is 965. The molecule has 9 heteroatoms. The topological polar surface area (TPSA) is 109 Å². The molecule has 3 aromatic rings. The van der Waals surface area contributed by atoms with Crippen LogP contribution in [0.25, 0.3) is 11.2 Å². The van der Waals surface area contributed by atoms with Crippen LogP contribution in [0.3, 0.4) is 0 Å². The first-order chi connectivity index (χ1) is 13.8. The van der Waals surface area contributed by atoms with Gasteiger partial charge in [0, 0.05) is 25.4 Å². The van der Waals surface area contributed by atoms with E-state index in [1.165, 1.54) is 5.56 Å². The molecule has 0 amide bonds. The molecule has 5 heterocycles. The second-order valence-electron chi connectivity index (χ2n) is 7.27. The van der Waals surface area contributed by atoms with E-state index in [-0.39, 0.29) is 12.6 Å². The first kappa shape index (κ1) is 17.5. The molecule has 28 heavy (non-hydrogen) atoms. The molecule has 2 aliphatic rings. The standard InChI is InChI=1S/C19H22N6O3/c26-9-15-14(27)7-16(28-15)25-11-23-17-18(21-10-22-19(17)25)24-6-2-4-13(24)12-3-1-5-20-8-12/h1,3,5,8,10-11,13-16,26-27H,2,4,6-7,9H2/t13?,14-,15+,16+/m0/s1. The predicted octanol–water partition coefficient (Wildman–Crippen LogP) is 1.20. The summed E-state index contributed by atoms with van der Waals surface area (Å²) in [5.74, 6) is 0.798. The Balaban J connectivity index is 1.51. The normalized spacial score (nSPS) is 27.7. The first-order valence-corrected chi connectivity index (χ1v) is 9.54. The summed E-state index contributed by atoms with van der Waals surface area (Å²) >= 11 is 0. The Morgan fingerprint density at radius 3 is 2.96 bits per heavy atom. The molecule has 0 aromatic carbocycles. The fourth-order valence-corrected chi connectivity index (χ4v) is 4.25. The number of hydrogen-bond donors (Lipinski definition) is 2. The van der Waals surface area contributed by atoms with Crippen molar-refractivity contribution in [3.63, 3.8) is 0 Å². The molecule has 4 atom stereocenters. The molecule has 1 unspecified atom stereocenters. The van der Waals surface area contributed by atoms with Gasteiger partial charge in [-0.25, -0.2) is 15.0 Å². The van der Waals surface area contributed by atoms with Crippen molar-refractivity contribution in [3.05, 3.63) is 42.7 Å². The Hall–Kier alpha value is -2.62. The molecule has 2 saturated heterocycles. The van der Waals surface area contributed by atoms with E-state index in [1.54, 1.807) is 18.9 Å². The minimum absolute atomic E-state index is 0.209. The maximum absolute atomic E-state index is 10.1. The van der Waals surface area contributed by atoms with E-state index in [0.29, 0.717) is 17.6 Å². The van der Waals surface area contributed by atoms with Crippen LogP contribution in [-0.2, 0) is 4.74 Å². The van der Waals surface area contributed by atoms with Gasteiger partial charge in [0.2, 0.25) is 0 Å². The molecular weight excluding hydrogens is 360 g/mol. The lowest BCUT2D eigenvalue weighted by Gasteiger charge is -2.25. The van der Waals surface area contributed by atoms with Gasteiger partial charge >= 0.3 is 0 Å². The third kappa shape index (κ3) is 2.83. The minimum atomic E-state index is -0.706. The highest BCUT2D eigenvalue weighted by Gasteiger charge is 2.36. The number of anilines is 1. The summed E-state index contributed by atoms with van der Waals surface area (Å²) in [6, 6.07) is 4.26. The molecule has 3 aromatic heterocycles. The van der Waals surface area contributed by atoms with Crippen LogP contribution in [0.2, 0.25) is 0 Å². The van der Waals surface area contributed by atoms with Crippen LogP contribution in [0.1, 0.15) is 37.1 Å². The zero-order chi connectivity index (χ0) is 19.1. The van der Waals surface area contributed by atoms with Crippen molar-refractivity contribution in [3.8, 4) is 0 Å². The van der Waals surface area contributed by atoms with Gasteiger partial charge < -0.3 is 19.8 Å². The molecule has 0 saturated carbocycles. The van der Waals surface area contributed by atoms with E-state index in [0.717, 1.165) is 25.2 Å². The molecule has 9 nitrogen and oxygen atoms in total. The minimum Gasteiger partial charge on any atom is -0.394 e. The van der Waals surface area contributed by atoms with Crippen molar-refractivity contribution in [1.29, 1.82) is 0 Å². The fourth-order valence-electron chi connectivity index (χ4n) is 4.25. The second kappa shape index (κ2) is 7.08. The third-order valence-corrected chi connectivity index (χ3v) is 5.63. The van der Waals surface area contributed by atoms with E-state index in [2.05, 4.69) is 30.9 Å². The van der Waals surface area contributed by atoms with Gasteiger partial charge in [0.15, 0.2) is 17.0 Å². The molecule has 146 valence electrons. The van der Waals surface area contributed by atoms with Crippen molar-refractivity contribution in [2.45, 2.75) is 43.7 Å². The van der Waals surface area contributed by atoms with Crippen molar-refractivity contribution in [1.82, 2.24) is 24.5 Å². The van der Waals surface area contributed by atoms with Crippen LogP contribution in [-0.4, -0.2) is 60.1 Å². The summed E-state index contributed by atoms with van der Waals surface area (Å²) < 4.78 is 7.59. The van der Waals surface area contributed by atoms with E-state index < -0.39 is 18.4 Å². The van der Waals surface area contributed by atoms with Gasteiger partial charge in [0.1, 0.15) is 18.7 Å².